The van der Waals surface area contributed by atoms with E-state index in [9.17, 15) is 0 Å². The summed E-state index contributed by atoms with van der Waals surface area (Å²) in [6.07, 6.45) is 7.09. The van der Waals surface area contributed by atoms with Crippen molar-refractivity contribution < 1.29 is 0 Å². The van der Waals surface area contributed by atoms with Gasteiger partial charge in [0.15, 0.2) is 0 Å². The zero-order valence-corrected chi connectivity index (χ0v) is 5.90. The van der Waals surface area contributed by atoms with Gasteiger partial charge in [0.25, 0.3) is 0 Å². The second-order valence-corrected chi connectivity index (χ2v) is 2.78. The number of hydrogen-bond acceptors (Lipinski definition) is 0. The molecule has 0 N–H and O–H groups in total. The molecule has 1 rings (SSSR count). The lowest BCUT2D eigenvalue weighted by atomic mass is 10.2. The highest BCUT2D eigenvalue weighted by atomic mass is 14.3. The summed E-state index contributed by atoms with van der Waals surface area (Å²) in [6, 6.07) is 0. The lowest BCUT2D eigenvalue weighted by Gasteiger charge is -1.90. The Balaban J connectivity index is 1.94. The van der Waals surface area contributed by atoms with Crippen LogP contribution < -0.4 is 0 Å². The molecular weight excluding hydrogens is 108 g/mol. The molecule has 0 radical (unpaired) electrons. The number of unbranched alkanes of at least 4 members (excludes halogenated alkanes) is 1. The molecule has 0 amide bonds. The Hall–Kier alpha value is -0.520. The zero-order chi connectivity index (χ0) is 6.69. The van der Waals surface area contributed by atoms with E-state index in [4.69, 9.17) is 0 Å². The molecule has 0 bridgehead atoms. The molecule has 1 saturated carbocycles. The molecule has 1 aliphatic rings. The van der Waals surface area contributed by atoms with Gasteiger partial charge >= 0.3 is 0 Å². The van der Waals surface area contributed by atoms with E-state index in [1.165, 1.54) is 31.3 Å². The van der Waals surface area contributed by atoms with E-state index in [2.05, 4.69) is 13.2 Å². The van der Waals surface area contributed by atoms with Crippen molar-refractivity contribution in [2.45, 2.75) is 25.7 Å². The average molecular weight is 122 g/mol. The number of rotatable bonds is 4. The first kappa shape index (κ1) is 6.60. The van der Waals surface area contributed by atoms with Crippen LogP contribution >= 0.6 is 0 Å². The van der Waals surface area contributed by atoms with Crippen LogP contribution in [0.5, 0.6) is 0 Å². The highest BCUT2D eigenvalue weighted by Gasteiger charge is 2.25. The fraction of sp³-hybridized carbons (Fsp3) is 0.556. The Bertz CT molecular complexity index is 122. The standard InChI is InChI=1S/C9H14/c1-3-4-5-6-9-7-8(9)2/h3,9H,1-2,4-7H2. The predicted octanol–water partition coefficient (Wildman–Crippen LogP) is 2.92. The highest BCUT2D eigenvalue weighted by Crippen LogP contribution is 2.39. The molecule has 1 atom stereocenters. The second-order valence-electron chi connectivity index (χ2n) is 2.78. The highest BCUT2D eigenvalue weighted by molar-refractivity contribution is 5.18. The minimum Gasteiger partial charge on any atom is -0.103 e. The van der Waals surface area contributed by atoms with Crippen LogP contribution in [0.2, 0.25) is 0 Å². The fourth-order valence-corrected chi connectivity index (χ4v) is 1.07. The van der Waals surface area contributed by atoms with E-state index in [1.807, 2.05) is 6.08 Å². The van der Waals surface area contributed by atoms with Gasteiger partial charge in [-0.1, -0.05) is 18.2 Å². The molecular formula is C9H14. The summed E-state index contributed by atoms with van der Waals surface area (Å²) in [6.45, 7) is 7.58. The van der Waals surface area contributed by atoms with E-state index in [1.54, 1.807) is 0 Å². The van der Waals surface area contributed by atoms with E-state index in [-0.39, 0.29) is 0 Å². The first-order chi connectivity index (χ1) is 4.34. The maximum atomic E-state index is 3.90. The molecule has 0 saturated heterocycles. The molecule has 0 heteroatoms. The fourth-order valence-electron chi connectivity index (χ4n) is 1.07. The van der Waals surface area contributed by atoms with Crippen LogP contribution in [-0.4, -0.2) is 0 Å². The SMILES string of the molecule is C=CCCCC1CC1=C. The van der Waals surface area contributed by atoms with Gasteiger partial charge < -0.3 is 0 Å². The maximum absolute atomic E-state index is 3.90. The monoisotopic (exact) mass is 122 g/mol. The minimum absolute atomic E-state index is 0.880. The van der Waals surface area contributed by atoms with Gasteiger partial charge in [0.05, 0.1) is 0 Å². The van der Waals surface area contributed by atoms with Gasteiger partial charge in [-0.15, -0.1) is 6.58 Å². The van der Waals surface area contributed by atoms with Crippen LogP contribution in [0.3, 0.4) is 0 Å². The van der Waals surface area contributed by atoms with Gasteiger partial charge in [0, 0.05) is 0 Å². The number of hydrogen-bond donors (Lipinski definition) is 0. The summed E-state index contributed by atoms with van der Waals surface area (Å²) < 4.78 is 0. The smallest absolute Gasteiger partial charge is 0.0168 e. The van der Waals surface area contributed by atoms with Crippen LogP contribution in [0.25, 0.3) is 0 Å². The van der Waals surface area contributed by atoms with Gasteiger partial charge in [0.1, 0.15) is 0 Å². The van der Waals surface area contributed by atoms with Crippen LogP contribution in [0.15, 0.2) is 24.8 Å². The van der Waals surface area contributed by atoms with E-state index in [0.29, 0.717) is 0 Å². The molecule has 1 aliphatic carbocycles. The molecule has 0 aromatic rings. The maximum Gasteiger partial charge on any atom is -0.0168 e. The molecule has 0 aromatic heterocycles. The molecule has 1 fully saturated rings. The molecule has 1 unspecified atom stereocenters. The first-order valence-corrected chi connectivity index (χ1v) is 3.63. The quantitative estimate of drug-likeness (QED) is 0.397. The summed E-state index contributed by atoms with van der Waals surface area (Å²) >= 11 is 0. The number of allylic oxidation sites excluding steroid dienone is 2. The Morgan fingerprint density at radius 1 is 1.67 bits per heavy atom. The average Bonchev–Trinajstić information content (AvgIpc) is 2.48. The van der Waals surface area contributed by atoms with Crippen molar-refractivity contribution in [3.8, 4) is 0 Å². The van der Waals surface area contributed by atoms with Crippen molar-refractivity contribution >= 4 is 0 Å². The van der Waals surface area contributed by atoms with Crippen molar-refractivity contribution in [3.05, 3.63) is 24.8 Å². The van der Waals surface area contributed by atoms with E-state index < -0.39 is 0 Å². The molecule has 0 aromatic carbocycles. The summed E-state index contributed by atoms with van der Waals surface area (Å²) in [5, 5.41) is 0. The molecule has 0 aliphatic heterocycles. The summed E-state index contributed by atoms with van der Waals surface area (Å²) in [7, 11) is 0. The predicted molar refractivity (Wildman–Crippen MR) is 41.3 cm³/mol. The van der Waals surface area contributed by atoms with Gasteiger partial charge in [-0.2, -0.15) is 0 Å². The second kappa shape index (κ2) is 2.86. The summed E-state index contributed by atoms with van der Waals surface area (Å²) in [4.78, 5) is 0. The lowest BCUT2D eigenvalue weighted by Crippen LogP contribution is -1.74. The van der Waals surface area contributed by atoms with Gasteiger partial charge in [-0.05, 0) is 31.6 Å². The van der Waals surface area contributed by atoms with Crippen LogP contribution in [-0.2, 0) is 0 Å². The Kier molecular flexibility index (Phi) is 2.10. The first-order valence-electron chi connectivity index (χ1n) is 3.63. The third kappa shape index (κ3) is 2.05. The van der Waals surface area contributed by atoms with Gasteiger partial charge in [-0.25, -0.2) is 0 Å². The Morgan fingerprint density at radius 2 is 2.33 bits per heavy atom. The largest absolute Gasteiger partial charge is 0.103 e. The van der Waals surface area contributed by atoms with E-state index in [0.717, 1.165) is 5.92 Å². The van der Waals surface area contributed by atoms with Crippen molar-refractivity contribution in [1.82, 2.24) is 0 Å². The molecule has 0 spiro atoms. The van der Waals surface area contributed by atoms with Crippen LogP contribution in [0.1, 0.15) is 25.7 Å². The van der Waals surface area contributed by atoms with Gasteiger partial charge in [-0.3, -0.25) is 0 Å². The van der Waals surface area contributed by atoms with Crippen LogP contribution in [0, 0.1) is 5.92 Å². The minimum atomic E-state index is 0.880. The van der Waals surface area contributed by atoms with Crippen molar-refractivity contribution in [2.24, 2.45) is 5.92 Å². The Morgan fingerprint density at radius 3 is 2.78 bits per heavy atom. The summed E-state index contributed by atoms with van der Waals surface area (Å²) in [5.41, 5.74) is 1.46. The third-order valence-electron chi connectivity index (χ3n) is 1.89. The molecule has 0 nitrogen and oxygen atoms in total. The topological polar surface area (TPSA) is 0 Å². The molecule has 50 valence electrons. The molecule has 9 heavy (non-hydrogen) atoms. The zero-order valence-electron chi connectivity index (χ0n) is 5.90. The van der Waals surface area contributed by atoms with Crippen molar-refractivity contribution in [2.75, 3.05) is 0 Å². The Labute approximate surface area is 57.3 Å². The van der Waals surface area contributed by atoms with E-state index >= 15 is 0 Å². The van der Waals surface area contributed by atoms with Crippen molar-refractivity contribution in [3.63, 3.8) is 0 Å². The normalized spacial score (nSPS) is 24.0. The summed E-state index contributed by atoms with van der Waals surface area (Å²) in [5.74, 6) is 0.880. The van der Waals surface area contributed by atoms with Gasteiger partial charge in [0.2, 0.25) is 0 Å². The lowest BCUT2D eigenvalue weighted by molar-refractivity contribution is 0.692. The third-order valence-corrected chi connectivity index (χ3v) is 1.89. The van der Waals surface area contributed by atoms with Crippen LogP contribution in [0.4, 0.5) is 0 Å². The van der Waals surface area contributed by atoms with Crippen molar-refractivity contribution in [1.29, 1.82) is 0 Å². The molecule has 0 heterocycles.